The second-order valence-corrected chi connectivity index (χ2v) is 7.14. The standard InChI is InChI=1S/C22H27N3O2/c1-15(2)17-11-10-16(3)13-20(17)27-14-22(26)23-12-6-9-21-24-18-7-4-5-8-19(18)25-21/h4-5,7-8,10-11,13,15H,6,9,12,14H2,1-3H3,(H,23,26)(H,24,25). The van der Waals surface area contributed by atoms with E-state index >= 15 is 0 Å². The molecule has 0 aliphatic heterocycles. The summed E-state index contributed by atoms with van der Waals surface area (Å²) in [6.45, 7) is 6.90. The minimum absolute atomic E-state index is 0.0355. The minimum Gasteiger partial charge on any atom is -0.483 e. The largest absolute Gasteiger partial charge is 0.483 e. The van der Waals surface area contributed by atoms with Gasteiger partial charge in [0.2, 0.25) is 0 Å². The molecule has 2 N–H and O–H groups in total. The molecule has 1 heterocycles. The van der Waals surface area contributed by atoms with Crippen molar-refractivity contribution in [1.82, 2.24) is 15.3 Å². The van der Waals surface area contributed by atoms with E-state index in [2.05, 4.69) is 41.3 Å². The molecule has 142 valence electrons. The highest BCUT2D eigenvalue weighted by Gasteiger charge is 2.10. The second-order valence-electron chi connectivity index (χ2n) is 7.14. The number of nitrogens with one attached hydrogen (secondary N) is 2. The number of nitrogens with zero attached hydrogens (tertiary/aromatic N) is 1. The summed E-state index contributed by atoms with van der Waals surface area (Å²) >= 11 is 0. The molecular weight excluding hydrogens is 338 g/mol. The summed E-state index contributed by atoms with van der Waals surface area (Å²) in [4.78, 5) is 19.9. The van der Waals surface area contributed by atoms with Crippen molar-refractivity contribution in [3.63, 3.8) is 0 Å². The molecule has 0 unspecified atom stereocenters. The lowest BCUT2D eigenvalue weighted by atomic mass is 10.0. The number of rotatable bonds is 8. The second kappa shape index (κ2) is 8.71. The fourth-order valence-electron chi connectivity index (χ4n) is 3.05. The third-order valence-electron chi connectivity index (χ3n) is 4.50. The van der Waals surface area contributed by atoms with E-state index in [4.69, 9.17) is 4.74 Å². The first-order valence-electron chi connectivity index (χ1n) is 9.46. The molecular formula is C22H27N3O2. The number of benzene rings is 2. The number of carbonyl (C=O) groups excluding carboxylic acids is 1. The van der Waals surface area contributed by atoms with E-state index in [1.807, 2.05) is 37.3 Å². The molecule has 1 amide bonds. The van der Waals surface area contributed by atoms with Crippen LogP contribution < -0.4 is 10.1 Å². The SMILES string of the molecule is Cc1ccc(C(C)C)c(OCC(=O)NCCCc2nc3ccccc3[nH]2)c1. The number of carbonyl (C=O) groups is 1. The number of amides is 1. The molecule has 3 rings (SSSR count). The first kappa shape index (κ1) is 19.0. The number of para-hydroxylation sites is 2. The molecule has 0 saturated heterocycles. The molecule has 5 nitrogen and oxygen atoms in total. The van der Waals surface area contributed by atoms with E-state index in [9.17, 15) is 4.79 Å². The molecule has 0 atom stereocenters. The van der Waals surface area contributed by atoms with Crippen molar-refractivity contribution in [3.05, 3.63) is 59.4 Å². The lowest BCUT2D eigenvalue weighted by molar-refractivity contribution is -0.123. The van der Waals surface area contributed by atoms with E-state index in [1.165, 1.54) is 0 Å². The Morgan fingerprint density at radius 1 is 1.22 bits per heavy atom. The van der Waals surface area contributed by atoms with Gasteiger partial charge in [-0.2, -0.15) is 0 Å². The Morgan fingerprint density at radius 2 is 2.04 bits per heavy atom. The molecule has 3 aromatic rings. The van der Waals surface area contributed by atoms with Crippen LogP contribution in [0.5, 0.6) is 5.75 Å². The zero-order valence-corrected chi connectivity index (χ0v) is 16.2. The van der Waals surface area contributed by atoms with Crippen molar-refractivity contribution in [2.24, 2.45) is 0 Å². The highest BCUT2D eigenvalue weighted by Crippen LogP contribution is 2.27. The van der Waals surface area contributed by atoms with Crippen LogP contribution in [0, 0.1) is 6.92 Å². The number of imidazole rings is 1. The van der Waals surface area contributed by atoms with Gasteiger partial charge in [0.15, 0.2) is 6.61 Å². The molecule has 0 aliphatic rings. The van der Waals surface area contributed by atoms with Gasteiger partial charge < -0.3 is 15.0 Å². The van der Waals surface area contributed by atoms with Crippen molar-refractivity contribution in [2.45, 2.75) is 39.5 Å². The monoisotopic (exact) mass is 365 g/mol. The Labute approximate surface area is 160 Å². The van der Waals surface area contributed by atoms with Gasteiger partial charge >= 0.3 is 0 Å². The summed E-state index contributed by atoms with van der Waals surface area (Å²) < 4.78 is 5.77. The lowest BCUT2D eigenvalue weighted by Gasteiger charge is -2.14. The number of hydrogen-bond acceptors (Lipinski definition) is 3. The van der Waals surface area contributed by atoms with Crippen LogP contribution in [0.3, 0.4) is 0 Å². The van der Waals surface area contributed by atoms with Gasteiger partial charge in [-0.1, -0.05) is 38.1 Å². The molecule has 0 bridgehead atoms. The van der Waals surface area contributed by atoms with E-state index in [0.29, 0.717) is 12.5 Å². The molecule has 0 spiro atoms. The number of H-pyrrole nitrogens is 1. The molecule has 0 radical (unpaired) electrons. The van der Waals surface area contributed by atoms with E-state index in [1.54, 1.807) is 0 Å². The number of aromatic nitrogens is 2. The number of aromatic amines is 1. The quantitative estimate of drug-likeness (QED) is 0.590. The number of hydrogen-bond donors (Lipinski definition) is 2. The van der Waals surface area contributed by atoms with E-state index in [0.717, 1.165) is 46.6 Å². The Kier molecular flexibility index (Phi) is 6.12. The Bertz CT molecular complexity index is 882. The van der Waals surface area contributed by atoms with Crippen LogP contribution in [0.15, 0.2) is 42.5 Å². The Balaban J connectivity index is 1.43. The lowest BCUT2D eigenvalue weighted by Crippen LogP contribution is -2.30. The molecule has 0 saturated carbocycles. The van der Waals surface area contributed by atoms with Gasteiger partial charge in [-0.25, -0.2) is 4.98 Å². The van der Waals surface area contributed by atoms with Crippen molar-refractivity contribution in [3.8, 4) is 5.75 Å². The van der Waals surface area contributed by atoms with Crippen LogP contribution >= 0.6 is 0 Å². The first-order chi connectivity index (χ1) is 13.0. The fourth-order valence-corrected chi connectivity index (χ4v) is 3.05. The number of ether oxygens (including phenoxy) is 1. The Hall–Kier alpha value is -2.82. The highest BCUT2D eigenvalue weighted by molar-refractivity contribution is 5.77. The van der Waals surface area contributed by atoms with Crippen LogP contribution in [0.1, 0.15) is 43.1 Å². The van der Waals surface area contributed by atoms with Gasteiger partial charge in [0.05, 0.1) is 11.0 Å². The van der Waals surface area contributed by atoms with Gasteiger partial charge in [-0.3, -0.25) is 4.79 Å². The van der Waals surface area contributed by atoms with E-state index < -0.39 is 0 Å². The van der Waals surface area contributed by atoms with Crippen LogP contribution in [0.25, 0.3) is 11.0 Å². The van der Waals surface area contributed by atoms with Gasteiger partial charge in [0.25, 0.3) is 5.91 Å². The maximum absolute atomic E-state index is 12.1. The Morgan fingerprint density at radius 3 is 2.81 bits per heavy atom. The third-order valence-corrected chi connectivity index (χ3v) is 4.50. The first-order valence-corrected chi connectivity index (χ1v) is 9.46. The van der Waals surface area contributed by atoms with Gasteiger partial charge in [-0.05, 0) is 48.6 Å². The topological polar surface area (TPSA) is 67.0 Å². The molecule has 0 aliphatic carbocycles. The fraction of sp³-hybridized carbons (Fsp3) is 0.364. The maximum Gasteiger partial charge on any atom is 0.257 e. The predicted octanol–water partition coefficient (Wildman–Crippen LogP) is 4.12. The smallest absolute Gasteiger partial charge is 0.257 e. The summed E-state index contributed by atoms with van der Waals surface area (Å²) in [6.07, 6.45) is 1.62. The predicted molar refractivity (Wildman–Crippen MR) is 108 cm³/mol. The maximum atomic E-state index is 12.1. The normalized spacial score (nSPS) is 11.1. The minimum atomic E-state index is -0.101. The number of aryl methyl sites for hydroxylation is 2. The van der Waals surface area contributed by atoms with Gasteiger partial charge in [0, 0.05) is 13.0 Å². The average Bonchev–Trinajstić information content (AvgIpc) is 3.06. The summed E-state index contributed by atoms with van der Waals surface area (Å²) in [5.74, 6) is 1.99. The average molecular weight is 365 g/mol. The van der Waals surface area contributed by atoms with Crippen molar-refractivity contribution in [1.29, 1.82) is 0 Å². The van der Waals surface area contributed by atoms with Crippen LogP contribution in [-0.2, 0) is 11.2 Å². The molecule has 27 heavy (non-hydrogen) atoms. The van der Waals surface area contributed by atoms with Crippen LogP contribution in [-0.4, -0.2) is 29.0 Å². The summed E-state index contributed by atoms with van der Waals surface area (Å²) in [6, 6.07) is 14.1. The van der Waals surface area contributed by atoms with Crippen molar-refractivity contribution >= 4 is 16.9 Å². The molecule has 2 aromatic carbocycles. The van der Waals surface area contributed by atoms with Crippen LogP contribution in [0.4, 0.5) is 0 Å². The number of fused-ring (bicyclic) bond motifs is 1. The van der Waals surface area contributed by atoms with Crippen LogP contribution in [0.2, 0.25) is 0 Å². The summed E-state index contributed by atoms with van der Waals surface area (Å²) in [5, 5.41) is 2.91. The zero-order valence-electron chi connectivity index (χ0n) is 16.2. The summed E-state index contributed by atoms with van der Waals surface area (Å²) in [7, 11) is 0. The molecule has 1 aromatic heterocycles. The van der Waals surface area contributed by atoms with Gasteiger partial charge in [0.1, 0.15) is 11.6 Å². The van der Waals surface area contributed by atoms with Crippen molar-refractivity contribution in [2.75, 3.05) is 13.2 Å². The van der Waals surface area contributed by atoms with Crippen molar-refractivity contribution < 1.29 is 9.53 Å². The van der Waals surface area contributed by atoms with Gasteiger partial charge in [-0.15, -0.1) is 0 Å². The molecule has 0 fully saturated rings. The van der Waals surface area contributed by atoms with E-state index in [-0.39, 0.29) is 12.5 Å². The molecule has 5 heteroatoms. The third kappa shape index (κ3) is 5.09. The summed E-state index contributed by atoms with van der Waals surface area (Å²) in [5.41, 5.74) is 4.27. The highest BCUT2D eigenvalue weighted by atomic mass is 16.5. The zero-order chi connectivity index (χ0) is 19.2.